The summed E-state index contributed by atoms with van der Waals surface area (Å²) in [5.74, 6) is 2.53. The van der Waals surface area contributed by atoms with Crippen LogP contribution >= 0.6 is 7.92 Å². The molecule has 0 aliphatic rings. The molecular formula is C29H37O5P. The van der Waals surface area contributed by atoms with Crippen LogP contribution in [0.5, 0.6) is 17.2 Å². The standard InChI is InChI=1S/C29H37O5P/c1-21-18-22(29(2,3)4)28(34-20-33-17-16-30-5)27(19-21)35(25-14-10-8-12-23(25)31-6)26-15-11-9-13-24(26)32-7/h8-15,18-19H,16-17,20H2,1-7H3. The van der Waals surface area contributed by atoms with Gasteiger partial charge >= 0.3 is 0 Å². The van der Waals surface area contributed by atoms with Gasteiger partial charge in [0.2, 0.25) is 0 Å². The lowest BCUT2D eigenvalue weighted by Crippen LogP contribution is -2.28. The molecule has 3 aromatic rings. The molecule has 0 fully saturated rings. The second-order valence-electron chi connectivity index (χ2n) is 9.25. The maximum absolute atomic E-state index is 6.42. The van der Waals surface area contributed by atoms with Crippen molar-refractivity contribution in [3.8, 4) is 17.2 Å². The normalized spacial score (nSPS) is 11.5. The van der Waals surface area contributed by atoms with E-state index in [0.29, 0.717) is 13.2 Å². The summed E-state index contributed by atoms with van der Waals surface area (Å²) in [6.07, 6.45) is 0. The minimum Gasteiger partial charge on any atom is -0.496 e. The van der Waals surface area contributed by atoms with E-state index in [1.165, 1.54) is 5.56 Å². The van der Waals surface area contributed by atoms with Crippen LogP contribution in [0, 0.1) is 6.92 Å². The van der Waals surface area contributed by atoms with Crippen molar-refractivity contribution >= 4 is 23.8 Å². The highest BCUT2D eigenvalue weighted by molar-refractivity contribution is 7.80. The molecule has 0 saturated carbocycles. The highest BCUT2D eigenvalue weighted by Crippen LogP contribution is 2.45. The predicted octanol–water partition coefficient (Wildman–Crippen LogP) is 5.07. The van der Waals surface area contributed by atoms with E-state index >= 15 is 0 Å². The van der Waals surface area contributed by atoms with Crippen LogP contribution in [0.2, 0.25) is 0 Å². The van der Waals surface area contributed by atoms with E-state index in [4.69, 9.17) is 23.7 Å². The van der Waals surface area contributed by atoms with Crippen LogP contribution < -0.4 is 30.1 Å². The van der Waals surface area contributed by atoms with Gasteiger partial charge < -0.3 is 23.7 Å². The number of para-hydroxylation sites is 2. The maximum atomic E-state index is 6.42. The molecule has 3 rings (SSSR count). The van der Waals surface area contributed by atoms with Gasteiger partial charge in [0.05, 0.1) is 27.4 Å². The van der Waals surface area contributed by atoms with Crippen molar-refractivity contribution in [1.29, 1.82) is 0 Å². The largest absolute Gasteiger partial charge is 0.496 e. The van der Waals surface area contributed by atoms with E-state index in [9.17, 15) is 0 Å². The number of aryl methyl sites for hydroxylation is 1. The lowest BCUT2D eigenvalue weighted by molar-refractivity contribution is -0.00870. The Morgan fingerprint density at radius 2 is 1.31 bits per heavy atom. The number of hydrogen-bond donors (Lipinski definition) is 0. The number of hydrogen-bond acceptors (Lipinski definition) is 5. The Morgan fingerprint density at radius 3 is 1.83 bits per heavy atom. The third-order valence-electron chi connectivity index (χ3n) is 5.63. The summed E-state index contributed by atoms with van der Waals surface area (Å²) < 4.78 is 28.9. The molecule has 0 spiro atoms. The van der Waals surface area contributed by atoms with Crippen molar-refractivity contribution in [2.24, 2.45) is 0 Å². The van der Waals surface area contributed by atoms with Gasteiger partial charge in [0, 0.05) is 28.6 Å². The van der Waals surface area contributed by atoms with Gasteiger partial charge in [0.15, 0.2) is 6.79 Å². The zero-order valence-electron chi connectivity index (χ0n) is 21.9. The lowest BCUT2D eigenvalue weighted by Gasteiger charge is -2.30. The molecule has 188 valence electrons. The molecule has 0 radical (unpaired) electrons. The summed E-state index contributed by atoms with van der Waals surface area (Å²) in [7, 11) is 4.01. The predicted molar refractivity (Wildman–Crippen MR) is 145 cm³/mol. The van der Waals surface area contributed by atoms with Gasteiger partial charge in [-0.2, -0.15) is 0 Å². The Labute approximate surface area is 211 Å². The van der Waals surface area contributed by atoms with Crippen LogP contribution in [0.4, 0.5) is 0 Å². The van der Waals surface area contributed by atoms with Gasteiger partial charge in [-0.25, -0.2) is 0 Å². The Bertz CT molecular complexity index is 1060. The smallest absolute Gasteiger partial charge is 0.189 e. The summed E-state index contributed by atoms with van der Waals surface area (Å²) in [4.78, 5) is 0. The van der Waals surface area contributed by atoms with E-state index in [0.717, 1.165) is 38.7 Å². The molecule has 0 aliphatic carbocycles. The monoisotopic (exact) mass is 496 g/mol. The van der Waals surface area contributed by atoms with Crippen molar-refractivity contribution in [2.45, 2.75) is 33.1 Å². The fourth-order valence-electron chi connectivity index (χ4n) is 3.95. The van der Waals surface area contributed by atoms with Gasteiger partial charge in [-0.05, 0) is 44.0 Å². The number of rotatable bonds is 11. The molecule has 3 aromatic carbocycles. The third kappa shape index (κ3) is 6.55. The van der Waals surface area contributed by atoms with Gasteiger partial charge in [-0.3, -0.25) is 0 Å². The Kier molecular flexibility index (Phi) is 9.56. The molecule has 35 heavy (non-hydrogen) atoms. The minimum absolute atomic E-state index is 0.134. The molecule has 0 unspecified atom stereocenters. The maximum Gasteiger partial charge on any atom is 0.189 e. The lowest BCUT2D eigenvalue weighted by atomic mass is 9.85. The highest BCUT2D eigenvalue weighted by atomic mass is 31.1. The number of ether oxygens (including phenoxy) is 5. The second-order valence-corrected chi connectivity index (χ2v) is 11.4. The quantitative estimate of drug-likeness (QED) is 0.211. The van der Waals surface area contributed by atoms with E-state index in [1.54, 1.807) is 21.3 Å². The molecule has 0 aliphatic heterocycles. The van der Waals surface area contributed by atoms with Gasteiger partial charge in [0.1, 0.15) is 17.2 Å². The average Bonchev–Trinajstić information content (AvgIpc) is 2.85. The zero-order valence-corrected chi connectivity index (χ0v) is 22.8. The summed E-state index contributed by atoms with van der Waals surface area (Å²) in [6.45, 7) is 9.89. The molecule has 0 aromatic heterocycles. The first kappa shape index (κ1) is 27.0. The Balaban J connectivity index is 2.28. The summed E-state index contributed by atoms with van der Waals surface area (Å²) >= 11 is 0. The van der Waals surface area contributed by atoms with Crippen molar-refractivity contribution in [3.63, 3.8) is 0 Å². The number of benzene rings is 3. The summed E-state index contributed by atoms with van der Waals surface area (Å²) in [5, 5.41) is 3.31. The molecule has 6 heteroatoms. The van der Waals surface area contributed by atoms with Crippen LogP contribution in [0.25, 0.3) is 0 Å². The first-order valence-electron chi connectivity index (χ1n) is 11.7. The summed E-state index contributed by atoms with van der Waals surface area (Å²) in [6, 6.07) is 20.8. The fraction of sp³-hybridized carbons (Fsp3) is 0.379. The van der Waals surface area contributed by atoms with E-state index < -0.39 is 7.92 Å². The first-order valence-corrected chi connectivity index (χ1v) is 13.1. The fourth-order valence-corrected chi connectivity index (χ4v) is 6.69. The molecular weight excluding hydrogens is 459 g/mol. The van der Waals surface area contributed by atoms with Crippen molar-refractivity contribution < 1.29 is 23.7 Å². The van der Waals surface area contributed by atoms with E-state index in [1.807, 2.05) is 24.3 Å². The molecule has 0 heterocycles. The third-order valence-corrected chi connectivity index (χ3v) is 8.15. The average molecular weight is 497 g/mol. The molecule has 0 N–H and O–H groups in total. The SMILES string of the molecule is COCCOCOc1c(P(c2ccccc2OC)c2ccccc2OC)cc(C)cc1C(C)(C)C. The Morgan fingerprint density at radius 1 is 0.743 bits per heavy atom. The minimum atomic E-state index is -1.08. The van der Waals surface area contributed by atoms with Crippen LogP contribution in [-0.2, 0) is 14.9 Å². The summed E-state index contributed by atoms with van der Waals surface area (Å²) in [5.41, 5.74) is 2.18. The van der Waals surface area contributed by atoms with Crippen molar-refractivity contribution in [1.82, 2.24) is 0 Å². The van der Waals surface area contributed by atoms with Crippen LogP contribution in [-0.4, -0.2) is 41.3 Å². The molecule has 5 nitrogen and oxygen atoms in total. The topological polar surface area (TPSA) is 46.2 Å². The number of methoxy groups -OCH3 is 3. The second kappa shape index (κ2) is 12.4. The Hall–Kier alpha value is -2.59. The van der Waals surface area contributed by atoms with Crippen LogP contribution in [0.3, 0.4) is 0 Å². The van der Waals surface area contributed by atoms with Gasteiger partial charge in [0.25, 0.3) is 0 Å². The zero-order chi connectivity index (χ0) is 25.4. The van der Waals surface area contributed by atoms with E-state index in [-0.39, 0.29) is 12.2 Å². The first-order chi connectivity index (χ1) is 16.8. The molecule has 0 atom stereocenters. The van der Waals surface area contributed by atoms with Crippen molar-refractivity contribution in [3.05, 3.63) is 71.8 Å². The molecule has 0 saturated heterocycles. The highest BCUT2D eigenvalue weighted by Gasteiger charge is 2.30. The van der Waals surface area contributed by atoms with Crippen LogP contribution in [0.1, 0.15) is 31.9 Å². The van der Waals surface area contributed by atoms with Gasteiger partial charge in [-0.15, -0.1) is 0 Å². The van der Waals surface area contributed by atoms with E-state index in [2.05, 4.69) is 64.1 Å². The molecule has 0 bridgehead atoms. The van der Waals surface area contributed by atoms with Crippen LogP contribution in [0.15, 0.2) is 60.7 Å². The molecule has 0 amide bonds. The van der Waals surface area contributed by atoms with Gasteiger partial charge in [-0.1, -0.05) is 63.2 Å². The van der Waals surface area contributed by atoms with Crippen molar-refractivity contribution in [2.75, 3.05) is 41.3 Å².